The second-order valence-corrected chi connectivity index (χ2v) is 7.33. The number of rotatable bonds is 8. The highest BCUT2D eigenvalue weighted by molar-refractivity contribution is 6.30. The van der Waals surface area contributed by atoms with E-state index in [9.17, 15) is 19.3 Å². The molecule has 2 heterocycles. The van der Waals surface area contributed by atoms with Gasteiger partial charge in [0, 0.05) is 30.2 Å². The second kappa shape index (κ2) is 9.49. The van der Waals surface area contributed by atoms with Crippen molar-refractivity contribution in [3.63, 3.8) is 0 Å². The fraction of sp³-hybridized carbons (Fsp3) is 0.0952. The molecule has 1 amide bonds. The first kappa shape index (κ1) is 22.0. The average Bonchev–Trinajstić information content (AvgIpc) is 3.41. The Hall–Kier alpha value is -4.25. The van der Waals surface area contributed by atoms with Gasteiger partial charge in [-0.15, -0.1) is 0 Å². The SMILES string of the molecule is O=C(Nc1cccc(Cn2cc(Cl)cn2)c1)c1ccn(COc2cc(F)ccc2[N+](=O)[O-])n1. The molecule has 168 valence electrons. The number of halogens is 2. The third-order valence-electron chi connectivity index (χ3n) is 4.48. The topological polar surface area (TPSA) is 117 Å². The van der Waals surface area contributed by atoms with Gasteiger partial charge in [-0.2, -0.15) is 10.2 Å². The summed E-state index contributed by atoms with van der Waals surface area (Å²) in [6.07, 6.45) is 4.71. The summed E-state index contributed by atoms with van der Waals surface area (Å²) in [4.78, 5) is 22.9. The van der Waals surface area contributed by atoms with E-state index in [0.717, 1.165) is 23.8 Å². The van der Waals surface area contributed by atoms with Gasteiger partial charge in [0.1, 0.15) is 5.82 Å². The summed E-state index contributed by atoms with van der Waals surface area (Å²) in [5, 5.41) is 22.6. The van der Waals surface area contributed by atoms with Crippen molar-refractivity contribution < 1.29 is 18.8 Å². The average molecular weight is 471 g/mol. The fourth-order valence-electron chi connectivity index (χ4n) is 3.00. The Morgan fingerprint density at radius 2 is 2.06 bits per heavy atom. The number of nitrogens with zero attached hydrogens (tertiary/aromatic N) is 5. The molecule has 0 aliphatic rings. The summed E-state index contributed by atoms with van der Waals surface area (Å²) in [6.45, 7) is 0.230. The van der Waals surface area contributed by atoms with E-state index in [2.05, 4.69) is 15.5 Å². The van der Waals surface area contributed by atoms with E-state index in [1.807, 2.05) is 6.07 Å². The summed E-state index contributed by atoms with van der Waals surface area (Å²) in [6, 6.07) is 11.6. The summed E-state index contributed by atoms with van der Waals surface area (Å²) < 4.78 is 21.7. The van der Waals surface area contributed by atoms with Crippen molar-refractivity contribution in [2.45, 2.75) is 13.3 Å². The van der Waals surface area contributed by atoms with Crippen molar-refractivity contribution in [2.75, 3.05) is 5.32 Å². The number of aromatic nitrogens is 4. The maximum absolute atomic E-state index is 13.4. The van der Waals surface area contributed by atoms with Crippen LogP contribution in [0.1, 0.15) is 16.1 Å². The van der Waals surface area contributed by atoms with Crippen LogP contribution in [0.15, 0.2) is 67.1 Å². The van der Waals surface area contributed by atoms with Gasteiger partial charge in [-0.1, -0.05) is 23.7 Å². The monoisotopic (exact) mass is 470 g/mol. The first-order chi connectivity index (χ1) is 15.9. The minimum absolute atomic E-state index is 0.108. The first-order valence-electron chi connectivity index (χ1n) is 9.56. The number of ether oxygens (including phenoxy) is 1. The lowest BCUT2D eigenvalue weighted by Gasteiger charge is -2.08. The van der Waals surface area contributed by atoms with Gasteiger partial charge in [-0.05, 0) is 29.8 Å². The van der Waals surface area contributed by atoms with Crippen LogP contribution in [0, 0.1) is 15.9 Å². The number of hydrogen-bond donors (Lipinski definition) is 1. The maximum atomic E-state index is 13.4. The van der Waals surface area contributed by atoms with E-state index < -0.39 is 16.6 Å². The van der Waals surface area contributed by atoms with Gasteiger partial charge < -0.3 is 10.1 Å². The molecular formula is C21H16ClFN6O4. The summed E-state index contributed by atoms with van der Waals surface area (Å²) in [5.41, 5.74) is 1.20. The van der Waals surface area contributed by atoms with E-state index in [4.69, 9.17) is 16.3 Å². The molecule has 4 aromatic rings. The van der Waals surface area contributed by atoms with E-state index in [1.165, 1.54) is 16.9 Å². The predicted molar refractivity (Wildman–Crippen MR) is 117 cm³/mol. The van der Waals surface area contributed by atoms with Gasteiger partial charge >= 0.3 is 5.69 Å². The van der Waals surface area contributed by atoms with E-state index >= 15 is 0 Å². The minimum Gasteiger partial charge on any atom is -0.464 e. The number of amides is 1. The Balaban J connectivity index is 1.39. The molecule has 0 aliphatic carbocycles. The Morgan fingerprint density at radius 1 is 1.21 bits per heavy atom. The number of nitro benzene ring substituents is 1. The molecule has 4 rings (SSSR count). The number of anilines is 1. The lowest BCUT2D eigenvalue weighted by atomic mass is 10.2. The lowest BCUT2D eigenvalue weighted by molar-refractivity contribution is -0.386. The van der Waals surface area contributed by atoms with E-state index in [1.54, 1.807) is 35.3 Å². The third-order valence-corrected chi connectivity index (χ3v) is 4.67. The second-order valence-electron chi connectivity index (χ2n) is 6.89. The Bertz CT molecular complexity index is 1320. The van der Waals surface area contributed by atoms with Crippen LogP contribution in [0.2, 0.25) is 5.02 Å². The molecule has 33 heavy (non-hydrogen) atoms. The molecule has 1 N–H and O–H groups in total. The molecule has 2 aromatic carbocycles. The van der Waals surface area contributed by atoms with Gasteiger partial charge in [0.25, 0.3) is 5.91 Å². The van der Waals surface area contributed by atoms with Crippen LogP contribution in [0.25, 0.3) is 0 Å². The molecule has 0 fully saturated rings. The van der Waals surface area contributed by atoms with Crippen molar-refractivity contribution in [1.82, 2.24) is 19.6 Å². The number of benzene rings is 2. The van der Waals surface area contributed by atoms with Crippen LogP contribution >= 0.6 is 11.6 Å². The van der Waals surface area contributed by atoms with E-state index in [-0.39, 0.29) is 23.9 Å². The highest BCUT2D eigenvalue weighted by Crippen LogP contribution is 2.27. The summed E-state index contributed by atoms with van der Waals surface area (Å²) in [5.74, 6) is -1.37. The van der Waals surface area contributed by atoms with Crippen molar-refractivity contribution >= 4 is 28.9 Å². The molecule has 0 spiro atoms. The predicted octanol–water partition coefficient (Wildman–Crippen LogP) is 4.12. The molecule has 0 saturated heterocycles. The molecule has 0 radical (unpaired) electrons. The van der Waals surface area contributed by atoms with Crippen molar-refractivity contribution in [2.24, 2.45) is 0 Å². The van der Waals surface area contributed by atoms with Crippen LogP contribution in [-0.2, 0) is 13.3 Å². The minimum atomic E-state index is -0.675. The standard InChI is InChI=1S/C21H16ClFN6O4/c22-15-10-24-28(12-15)11-14-2-1-3-17(8-14)25-21(30)18-6-7-27(26-18)13-33-20-9-16(23)4-5-19(20)29(31)32/h1-10,12H,11,13H2,(H,25,30). The molecule has 0 saturated carbocycles. The summed E-state index contributed by atoms with van der Waals surface area (Å²) >= 11 is 5.88. The van der Waals surface area contributed by atoms with Crippen LogP contribution in [-0.4, -0.2) is 30.4 Å². The van der Waals surface area contributed by atoms with Crippen LogP contribution in [0.4, 0.5) is 15.8 Å². The number of hydrogen-bond acceptors (Lipinski definition) is 6. The van der Waals surface area contributed by atoms with Gasteiger partial charge in [-0.3, -0.25) is 19.6 Å². The Kier molecular flexibility index (Phi) is 6.31. The molecule has 0 bridgehead atoms. The first-order valence-corrected chi connectivity index (χ1v) is 9.93. The zero-order valence-corrected chi connectivity index (χ0v) is 17.6. The number of carbonyl (C=O) groups excluding carboxylic acids is 1. The zero-order chi connectivity index (χ0) is 23.4. The maximum Gasteiger partial charge on any atom is 0.311 e. The smallest absolute Gasteiger partial charge is 0.311 e. The van der Waals surface area contributed by atoms with Crippen molar-refractivity contribution in [3.8, 4) is 5.75 Å². The van der Waals surface area contributed by atoms with Gasteiger partial charge in [0.05, 0.1) is 22.7 Å². The number of nitrogens with one attached hydrogen (secondary N) is 1. The van der Waals surface area contributed by atoms with Crippen molar-refractivity contribution in [3.05, 3.63) is 99.3 Å². The fourth-order valence-corrected chi connectivity index (χ4v) is 3.16. The third kappa shape index (κ3) is 5.52. The molecule has 0 atom stereocenters. The van der Waals surface area contributed by atoms with Gasteiger partial charge in [0.15, 0.2) is 12.4 Å². The van der Waals surface area contributed by atoms with Crippen molar-refractivity contribution in [1.29, 1.82) is 0 Å². The summed E-state index contributed by atoms with van der Waals surface area (Å²) in [7, 11) is 0. The normalized spacial score (nSPS) is 10.7. The van der Waals surface area contributed by atoms with Crippen LogP contribution in [0.3, 0.4) is 0 Å². The molecule has 12 heteroatoms. The van der Waals surface area contributed by atoms with Crippen LogP contribution in [0.5, 0.6) is 5.75 Å². The lowest BCUT2D eigenvalue weighted by Crippen LogP contribution is -2.14. The Labute approximate surface area is 191 Å². The zero-order valence-electron chi connectivity index (χ0n) is 16.9. The van der Waals surface area contributed by atoms with Gasteiger partial charge in [-0.25, -0.2) is 9.07 Å². The van der Waals surface area contributed by atoms with Crippen LogP contribution < -0.4 is 10.1 Å². The van der Waals surface area contributed by atoms with Gasteiger partial charge in [0.2, 0.25) is 5.75 Å². The largest absolute Gasteiger partial charge is 0.464 e. The Morgan fingerprint density at radius 3 is 2.82 bits per heavy atom. The molecule has 2 aromatic heterocycles. The highest BCUT2D eigenvalue weighted by Gasteiger charge is 2.17. The number of nitro groups is 1. The van der Waals surface area contributed by atoms with E-state index in [0.29, 0.717) is 17.3 Å². The quantitative estimate of drug-likeness (QED) is 0.306. The highest BCUT2D eigenvalue weighted by atomic mass is 35.5. The molecule has 10 nitrogen and oxygen atoms in total. The molecular weight excluding hydrogens is 455 g/mol. The molecule has 0 unspecified atom stereocenters. The molecule has 0 aliphatic heterocycles. The number of carbonyl (C=O) groups is 1.